The highest BCUT2D eigenvalue weighted by Crippen LogP contribution is 2.46. The second-order valence-corrected chi connectivity index (χ2v) is 6.58. The molecular weight excluding hydrogens is 437 g/mol. The Morgan fingerprint density at radius 2 is 1.64 bits per heavy atom. The Balaban J connectivity index is 2.22. The summed E-state index contributed by atoms with van der Waals surface area (Å²) in [6.07, 6.45) is 0. The summed E-state index contributed by atoms with van der Waals surface area (Å²) in [5.41, 5.74) is 0.989. The highest BCUT2D eigenvalue weighted by Gasteiger charge is 2.39. The number of imide groups is 1. The number of benzene rings is 2. The van der Waals surface area contributed by atoms with E-state index in [0.717, 1.165) is 4.90 Å². The molecule has 2 aromatic rings. The third-order valence-electron chi connectivity index (χ3n) is 3.33. The second-order valence-electron chi connectivity index (χ2n) is 4.53. The normalized spacial score (nSPS) is 13.5. The van der Waals surface area contributed by atoms with Crippen molar-refractivity contribution in [1.29, 1.82) is 0 Å². The lowest BCUT2D eigenvalue weighted by atomic mass is 10.1. The van der Waals surface area contributed by atoms with Gasteiger partial charge in [-0.15, -0.1) is 0 Å². The van der Waals surface area contributed by atoms with Crippen LogP contribution in [-0.4, -0.2) is 18.9 Å². The summed E-state index contributed by atoms with van der Waals surface area (Å²) in [5, 5.41) is 0.258. The molecule has 112 valence electrons. The van der Waals surface area contributed by atoms with Gasteiger partial charge in [0.25, 0.3) is 11.8 Å². The maximum atomic E-state index is 12.6. The number of nitrogens with zero attached hydrogens (tertiary/aromatic N) is 1. The highest BCUT2D eigenvalue weighted by atomic mass is 79.9. The first-order valence-electron chi connectivity index (χ1n) is 6.16. The maximum Gasteiger partial charge on any atom is 0.266 e. The summed E-state index contributed by atoms with van der Waals surface area (Å²) in [7, 11) is 1.49. The number of hydrogen-bond donors (Lipinski definition) is 0. The lowest BCUT2D eigenvalue weighted by Gasteiger charge is -2.20. The van der Waals surface area contributed by atoms with Gasteiger partial charge in [-0.2, -0.15) is 0 Å². The Kier molecular flexibility index (Phi) is 4.01. The molecule has 0 fully saturated rings. The zero-order valence-corrected chi connectivity index (χ0v) is 15.1. The molecule has 1 heterocycles. The van der Waals surface area contributed by atoms with Crippen molar-refractivity contribution in [2.75, 3.05) is 12.0 Å². The Morgan fingerprint density at radius 1 is 1.09 bits per heavy atom. The molecule has 1 aliphatic rings. The zero-order valence-electron chi connectivity index (χ0n) is 11.2. The van der Waals surface area contributed by atoms with Crippen LogP contribution in [0.2, 0.25) is 5.02 Å². The number of carbonyl (C=O) groups excluding carboxylic acids is 2. The molecule has 2 amide bonds. The number of carbonyl (C=O) groups is 2. The molecule has 2 aromatic carbocycles. The van der Waals surface area contributed by atoms with E-state index in [9.17, 15) is 9.59 Å². The average Bonchev–Trinajstić information content (AvgIpc) is 2.73. The van der Waals surface area contributed by atoms with Crippen LogP contribution in [0.25, 0.3) is 0 Å². The van der Waals surface area contributed by atoms with E-state index in [0.29, 0.717) is 25.8 Å². The van der Waals surface area contributed by atoms with Crippen LogP contribution in [0.3, 0.4) is 0 Å². The number of ether oxygens (including phenoxy) is 1. The van der Waals surface area contributed by atoms with E-state index in [4.69, 9.17) is 16.3 Å². The molecule has 7 heteroatoms. The highest BCUT2D eigenvalue weighted by molar-refractivity contribution is 9.11. The minimum atomic E-state index is -0.410. The van der Waals surface area contributed by atoms with Crippen molar-refractivity contribution in [3.05, 3.63) is 55.4 Å². The second kappa shape index (κ2) is 5.68. The Bertz CT molecular complexity index is 788. The fraction of sp³-hybridized carbons (Fsp3) is 0.0667. The first kappa shape index (κ1) is 15.5. The lowest BCUT2D eigenvalue weighted by Crippen LogP contribution is -2.30. The first-order chi connectivity index (χ1) is 10.5. The van der Waals surface area contributed by atoms with E-state index in [2.05, 4.69) is 31.9 Å². The van der Waals surface area contributed by atoms with E-state index < -0.39 is 11.8 Å². The van der Waals surface area contributed by atoms with Crippen molar-refractivity contribution >= 4 is 61.0 Å². The Labute approximate surface area is 148 Å². The predicted octanol–water partition coefficient (Wildman–Crippen LogP) is 4.67. The van der Waals surface area contributed by atoms with Crippen molar-refractivity contribution in [1.82, 2.24) is 0 Å². The fourth-order valence-corrected chi connectivity index (χ4v) is 4.50. The number of amides is 2. The summed E-state index contributed by atoms with van der Waals surface area (Å²) in [4.78, 5) is 26.2. The number of methoxy groups -OCH3 is 1. The number of rotatable bonds is 2. The molecule has 0 bridgehead atoms. The predicted molar refractivity (Wildman–Crippen MR) is 91.0 cm³/mol. The SMILES string of the molecule is COc1c(Br)cc(Cl)c(N2C(=O)c3ccccc3C2=O)c1Br. The smallest absolute Gasteiger partial charge is 0.266 e. The number of anilines is 1. The summed E-state index contributed by atoms with van der Waals surface area (Å²) < 4.78 is 6.33. The van der Waals surface area contributed by atoms with Crippen LogP contribution in [0.1, 0.15) is 20.7 Å². The monoisotopic (exact) mass is 443 g/mol. The molecule has 0 atom stereocenters. The third-order valence-corrected chi connectivity index (χ3v) is 4.94. The van der Waals surface area contributed by atoms with Crippen molar-refractivity contribution in [2.24, 2.45) is 0 Å². The van der Waals surface area contributed by atoms with Gasteiger partial charge < -0.3 is 4.74 Å². The molecule has 0 saturated carbocycles. The lowest BCUT2D eigenvalue weighted by molar-refractivity contribution is 0.0926. The molecule has 0 saturated heterocycles. The Morgan fingerprint density at radius 3 is 2.14 bits per heavy atom. The number of hydrogen-bond acceptors (Lipinski definition) is 3. The molecule has 0 spiro atoms. The van der Waals surface area contributed by atoms with Gasteiger partial charge >= 0.3 is 0 Å². The summed E-state index contributed by atoms with van der Waals surface area (Å²) in [6.45, 7) is 0. The van der Waals surface area contributed by atoms with Gasteiger partial charge in [0.15, 0.2) is 0 Å². The Hall–Kier alpha value is -1.37. The van der Waals surface area contributed by atoms with Gasteiger partial charge in [-0.3, -0.25) is 9.59 Å². The number of halogens is 3. The molecule has 1 aliphatic heterocycles. The van der Waals surface area contributed by atoms with Crippen LogP contribution in [0.15, 0.2) is 39.3 Å². The fourth-order valence-electron chi connectivity index (χ4n) is 2.35. The van der Waals surface area contributed by atoms with Crippen LogP contribution < -0.4 is 9.64 Å². The van der Waals surface area contributed by atoms with Gasteiger partial charge in [-0.25, -0.2) is 4.90 Å². The van der Waals surface area contributed by atoms with E-state index in [1.165, 1.54) is 7.11 Å². The van der Waals surface area contributed by atoms with Gasteiger partial charge in [0.05, 0.1) is 37.9 Å². The summed E-state index contributed by atoms with van der Waals surface area (Å²) >= 11 is 13.0. The quantitative estimate of drug-likeness (QED) is 0.631. The van der Waals surface area contributed by atoms with Crippen LogP contribution in [0.4, 0.5) is 5.69 Å². The molecule has 3 rings (SSSR count). The van der Waals surface area contributed by atoms with Crippen molar-refractivity contribution in [3.8, 4) is 5.75 Å². The summed E-state index contributed by atoms with van der Waals surface area (Å²) in [6, 6.07) is 8.25. The van der Waals surface area contributed by atoms with E-state index in [1.807, 2.05) is 0 Å². The van der Waals surface area contributed by atoms with Gasteiger partial charge in [0.1, 0.15) is 5.75 Å². The maximum absolute atomic E-state index is 12.6. The molecule has 22 heavy (non-hydrogen) atoms. The van der Waals surface area contributed by atoms with Crippen LogP contribution in [-0.2, 0) is 0 Å². The molecule has 4 nitrogen and oxygen atoms in total. The molecule has 0 aliphatic carbocycles. The molecule has 0 N–H and O–H groups in total. The van der Waals surface area contributed by atoms with Gasteiger partial charge in [0.2, 0.25) is 0 Å². The minimum Gasteiger partial charge on any atom is -0.494 e. The number of fused-ring (bicyclic) bond motifs is 1. The molecule has 0 unspecified atom stereocenters. The van der Waals surface area contributed by atoms with Gasteiger partial charge in [-0.05, 0) is 50.1 Å². The van der Waals surface area contributed by atoms with Gasteiger partial charge in [-0.1, -0.05) is 23.7 Å². The molecule has 0 radical (unpaired) electrons. The van der Waals surface area contributed by atoms with Gasteiger partial charge in [0, 0.05) is 0 Å². The van der Waals surface area contributed by atoms with Crippen molar-refractivity contribution < 1.29 is 14.3 Å². The van der Waals surface area contributed by atoms with Crippen LogP contribution in [0, 0.1) is 0 Å². The van der Waals surface area contributed by atoms with Crippen LogP contribution in [0.5, 0.6) is 5.75 Å². The van der Waals surface area contributed by atoms with Crippen molar-refractivity contribution in [3.63, 3.8) is 0 Å². The summed E-state index contributed by atoms with van der Waals surface area (Å²) in [5.74, 6) is -0.365. The average molecular weight is 445 g/mol. The first-order valence-corrected chi connectivity index (χ1v) is 8.13. The largest absolute Gasteiger partial charge is 0.494 e. The minimum absolute atomic E-state index is 0.258. The standard InChI is InChI=1S/C15H8Br2ClNO3/c1-22-13-9(16)6-10(18)12(11(13)17)19-14(20)7-4-2-3-5-8(7)15(19)21/h2-6H,1H3. The topological polar surface area (TPSA) is 46.6 Å². The third kappa shape index (κ3) is 2.17. The van der Waals surface area contributed by atoms with E-state index in [1.54, 1.807) is 30.3 Å². The van der Waals surface area contributed by atoms with Crippen molar-refractivity contribution in [2.45, 2.75) is 0 Å². The van der Waals surface area contributed by atoms with Crippen LogP contribution >= 0.6 is 43.5 Å². The zero-order chi connectivity index (χ0) is 16.0. The van der Waals surface area contributed by atoms with E-state index >= 15 is 0 Å². The molecule has 0 aromatic heterocycles. The molecular formula is C15H8Br2ClNO3. The van der Waals surface area contributed by atoms with E-state index in [-0.39, 0.29) is 10.7 Å².